The van der Waals surface area contributed by atoms with Crippen LogP contribution >= 0.6 is 34.9 Å². The summed E-state index contributed by atoms with van der Waals surface area (Å²) in [7, 11) is 1.61. The molecule has 11 nitrogen and oxygen atoms in total. The van der Waals surface area contributed by atoms with E-state index in [9.17, 15) is 4.79 Å². The third-order valence-electron chi connectivity index (χ3n) is 4.35. The minimum Gasteiger partial charge on any atom is -0.497 e. The highest BCUT2D eigenvalue weighted by molar-refractivity contribution is 8.00. The first-order chi connectivity index (χ1) is 17.1. The first-order valence-electron chi connectivity index (χ1n) is 10.2. The van der Waals surface area contributed by atoms with Crippen molar-refractivity contribution < 1.29 is 9.53 Å². The summed E-state index contributed by atoms with van der Waals surface area (Å²) < 4.78 is 7.14. The minimum atomic E-state index is -0.249. The number of benzene rings is 2. The van der Waals surface area contributed by atoms with Gasteiger partial charge in [0.05, 0.1) is 19.1 Å². The van der Waals surface area contributed by atoms with Crippen molar-refractivity contribution in [2.45, 2.75) is 15.2 Å². The van der Waals surface area contributed by atoms with Gasteiger partial charge >= 0.3 is 0 Å². The molecule has 0 spiro atoms. The quantitative estimate of drug-likeness (QED) is 0.0873. The largest absolute Gasteiger partial charge is 0.497 e. The molecule has 2 heterocycles. The molecule has 0 unspecified atom stereocenters. The van der Waals surface area contributed by atoms with Gasteiger partial charge in [-0.1, -0.05) is 65.2 Å². The number of amides is 1. The zero-order valence-electron chi connectivity index (χ0n) is 18.5. The van der Waals surface area contributed by atoms with Gasteiger partial charge in [-0.2, -0.15) is 5.10 Å². The molecule has 0 saturated carbocycles. The first kappa shape index (κ1) is 24.5. The number of ether oxygens (including phenoxy) is 1. The molecule has 180 valence electrons. The SMILES string of the molecule is COc1ccc(/C=N/Nc2nnc(SCC(=O)Nc3nnc(SCc4ccccc4)s3)n2N)cc1. The summed E-state index contributed by atoms with van der Waals surface area (Å²) >= 11 is 4.04. The number of nitrogens with two attached hydrogens (primary N) is 1. The molecule has 35 heavy (non-hydrogen) atoms. The smallest absolute Gasteiger partial charge is 0.264 e. The van der Waals surface area contributed by atoms with Gasteiger partial charge in [0.2, 0.25) is 16.2 Å². The molecule has 0 aliphatic heterocycles. The van der Waals surface area contributed by atoms with E-state index in [2.05, 4.69) is 48.4 Å². The van der Waals surface area contributed by atoms with Gasteiger partial charge in [-0.15, -0.1) is 20.4 Å². The van der Waals surface area contributed by atoms with Crippen LogP contribution in [0.4, 0.5) is 11.1 Å². The molecule has 14 heteroatoms. The van der Waals surface area contributed by atoms with E-state index in [1.807, 2.05) is 42.5 Å². The molecule has 4 N–H and O–H groups in total. The lowest BCUT2D eigenvalue weighted by Gasteiger charge is -2.03. The van der Waals surface area contributed by atoms with Crippen LogP contribution in [-0.2, 0) is 10.5 Å². The lowest BCUT2D eigenvalue weighted by Crippen LogP contribution is -2.16. The molecule has 0 radical (unpaired) electrons. The van der Waals surface area contributed by atoms with E-state index < -0.39 is 0 Å². The number of anilines is 2. The van der Waals surface area contributed by atoms with Crippen molar-refractivity contribution in [3.05, 3.63) is 65.7 Å². The highest BCUT2D eigenvalue weighted by Gasteiger charge is 2.14. The maximum atomic E-state index is 12.3. The Hall–Kier alpha value is -3.62. The highest BCUT2D eigenvalue weighted by Crippen LogP contribution is 2.28. The number of hydrazone groups is 1. The number of thioether (sulfide) groups is 2. The minimum absolute atomic E-state index is 0.0799. The zero-order chi connectivity index (χ0) is 24.5. The number of carbonyl (C=O) groups excluding carboxylic acids is 1. The number of carbonyl (C=O) groups is 1. The molecule has 0 aliphatic carbocycles. The third-order valence-corrected chi connectivity index (χ3v) is 7.34. The maximum absolute atomic E-state index is 12.3. The van der Waals surface area contributed by atoms with Crippen LogP contribution in [0.3, 0.4) is 0 Å². The predicted molar refractivity (Wildman–Crippen MR) is 140 cm³/mol. The Labute approximate surface area is 213 Å². The summed E-state index contributed by atoms with van der Waals surface area (Å²) in [6, 6.07) is 17.5. The molecule has 4 rings (SSSR count). The predicted octanol–water partition coefficient (Wildman–Crippen LogP) is 3.32. The molecular weight excluding hydrogens is 506 g/mol. The van der Waals surface area contributed by atoms with E-state index in [-0.39, 0.29) is 17.6 Å². The number of nitrogens with one attached hydrogen (secondary N) is 2. The number of hydrogen-bond acceptors (Lipinski definition) is 12. The summed E-state index contributed by atoms with van der Waals surface area (Å²) in [6.07, 6.45) is 1.61. The van der Waals surface area contributed by atoms with E-state index in [1.54, 1.807) is 25.1 Å². The summed E-state index contributed by atoms with van der Waals surface area (Å²) in [6.45, 7) is 0. The van der Waals surface area contributed by atoms with E-state index in [0.29, 0.717) is 10.3 Å². The summed E-state index contributed by atoms with van der Waals surface area (Å²) in [5, 5.41) is 23.7. The van der Waals surface area contributed by atoms with Crippen LogP contribution in [0.1, 0.15) is 11.1 Å². The maximum Gasteiger partial charge on any atom is 0.264 e. The Morgan fingerprint density at radius 2 is 1.91 bits per heavy atom. The number of aromatic nitrogens is 5. The third kappa shape index (κ3) is 7.18. The molecule has 0 bridgehead atoms. The molecule has 0 atom stereocenters. The lowest BCUT2D eigenvalue weighted by molar-refractivity contribution is -0.113. The van der Waals surface area contributed by atoms with E-state index in [4.69, 9.17) is 10.6 Å². The Morgan fingerprint density at radius 3 is 2.69 bits per heavy atom. The van der Waals surface area contributed by atoms with Crippen molar-refractivity contribution >= 4 is 58.1 Å². The van der Waals surface area contributed by atoms with Crippen LogP contribution < -0.4 is 21.3 Å². The van der Waals surface area contributed by atoms with E-state index in [0.717, 1.165) is 33.2 Å². The zero-order valence-corrected chi connectivity index (χ0v) is 20.9. The monoisotopic (exact) mass is 527 g/mol. The topological polar surface area (TPSA) is 145 Å². The molecule has 4 aromatic rings. The Kier molecular flexibility index (Phi) is 8.53. The number of methoxy groups -OCH3 is 1. The Balaban J connectivity index is 1.22. The number of nitrogens with zero attached hydrogens (tertiary/aromatic N) is 6. The van der Waals surface area contributed by atoms with E-state index in [1.165, 1.54) is 21.6 Å². The van der Waals surface area contributed by atoms with Crippen LogP contribution in [-0.4, -0.2) is 50.1 Å². The fourth-order valence-corrected chi connectivity index (χ4v) is 5.01. The van der Waals surface area contributed by atoms with Crippen molar-refractivity contribution in [2.75, 3.05) is 29.4 Å². The number of rotatable bonds is 11. The summed E-state index contributed by atoms with van der Waals surface area (Å²) in [5.41, 5.74) is 4.80. The first-order valence-corrected chi connectivity index (χ1v) is 13.0. The van der Waals surface area contributed by atoms with Crippen molar-refractivity contribution in [3.8, 4) is 5.75 Å². The van der Waals surface area contributed by atoms with Crippen LogP contribution in [0.25, 0.3) is 0 Å². The van der Waals surface area contributed by atoms with Gasteiger partial charge in [0.1, 0.15) is 5.75 Å². The molecule has 1 amide bonds. The highest BCUT2D eigenvalue weighted by atomic mass is 32.2. The average molecular weight is 528 g/mol. The van der Waals surface area contributed by atoms with Crippen molar-refractivity contribution in [1.29, 1.82) is 0 Å². The molecular formula is C21H21N9O2S3. The van der Waals surface area contributed by atoms with Crippen molar-refractivity contribution in [1.82, 2.24) is 25.1 Å². The molecule has 0 aliphatic rings. The van der Waals surface area contributed by atoms with Gasteiger partial charge in [0, 0.05) is 5.75 Å². The Bertz CT molecular complexity index is 1280. The van der Waals surface area contributed by atoms with Gasteiger partial charge in [0.25, 0.3) is 5.95 Å². The lowest BCUT2D eigenvalue weighted by atomic mass is 10.2. The number of nitrogen functional groups attached to an aromatic ring is 1. The molecule has 0 saturated heterocycles. The molecule has 2 aromatic carbocycles. The fourth-order valence-electron chi connectivity index (χ4n) is 2.63. The second kappa shape index (κ2) is 12.2. The summed E-state index contributed by atoms with van der Waals surface area (Å²) in [4.78, 5) is 12.3. The van der Waals surface area contributed by atoms with Gasteiger partial charge < -0.3 is 10.6 Å². The average Bonchev–Trinajstić information content (AvgIpc) is 3.48. The van der Waals surface area contributed by atoms with Crippen LogP contribution in [0, 0.1) is 0 Å². The molecule has 2 aromatic heterocycles. The van der Waals surface area contributed by atoms with E-state index >= 15 is 0 Å². The van der Waals surface area contributed by atoms with Crippen molar-refractivity contribution in [3.63, 3.8) is 0 Å². The molecule has 0 fully saturated rings. The van der Waals surface area contributed by atoms with Gasteiger partial charge in [-0.05, 0) is 35.4 Å². The fraction of sp³-hybridized carbons (Fsp3) is 0.143. The van der Waals surface area contributed by atoms with Crippen LogP contribution in [0.15, 0.2) is 69.2 Å². The Morgan fingerprint density at radius 1 is 1.11 bits per heavy atom. The van der Waals surface area contributed by atoms with Gasteiger partial charge in [-0.3, -0.25) is 10.1 Å². The second-order valence-electron chi connectivity index (χ2n) is 6.80. The standard InChI is InChI=1S/C21H21N9O2S3/c1-32-16-9-7-14(8-10-16)11-23-25-18-26-28-20(30(18)22)33-13-17(31)24-19-27-29-21(35-19)34-12-15-5-3-2-4-6-15/h2-11H,12-13,22H2,1H3,(H,25,26)(H,24,27,31)/b23-11+. The van der Waals surface area contributed by atoms with Gasteiger partial charge in [0.15, 0.2) is 4.34 Å². The second-order valence-corrected chi connectivity index (χ2v) is 9.95. The van der Waals surface area contributed by atoms with Crippen LogP contribution in [0.5, 0.6) is 5.75 Å². The van der Waals surface area contributed by atoms with Gasteiger partial charge in [-0.25, -0.2) is 10.1 Å². The normalized spacial score (nSPS) is 11.0. The van der Waals surface area contributed by atoms with Crippen molar-refractivity contribution in [2.24, 2.45) is 5.10 Å². The number of hydrogen-bond donors (Lipinski definition) is 3. The van der Waals surface area contributed by atoms with Crippen LogP contribution in [0.2, 0.25) is 0 Å². The summed E-state index contributed by atoms with van der Waals surface area (Å²) in [5.74, 6) is 7.62.